The van der Waals surface area contributed by atoms with Gasteiger partial charge in [0.2, 0.25) is 0 Å². The zero-order valence-corrected chi connectivity index (χ0v) is 9.68. The maximum Gasteiger partial charge on any atom is 0.354 e. The lowest BCUT2D eigenvalue weighted by Crippen LogP contribution is -2.05. The number of aromatic carboxylic acids is 1. The van der Waals surface area contributed by atoms with E-state index >= 15 is 0 Å². The quantitative estimate of drug-likeness (QED) is 0.882. The van der Waals surface area contributed by atoms with Crippen molar-refractivity contribution in [3.63, 3.8) is 0 Å². The van der Waals surface area contributed by atoms with Gasteiger partial charge < -0.3 is 9.84 Å². The number of rotatable bonds is 3. The number of hydrogen-bond donors (Lipinski definition) is 1. The van der Waals surface area contributed by atoms with E-state index in [1.807, 2.05) is 32.0 Å². The van der Waals surface area contributed by atoms with E-state index in [9.17, 15) is 4.79 Å². The van der Waals surface area contributed by atoms with Crippen LogP contribution in [0.1, 0.15) is 24.3 Å². The standard InChI is InChI=1S/C13H13NO3/c1-8(2)17-11-4-3-9-7-14-12(13(15)16)6-10(9)5-11/h3-8H,1-2H3,(H,15,16). The van der Waals surface area contributed by atoms with Crippen molar-refractivity contribution in [2.45, 2.75) is 20.0 Å². The van der Waals surface area contributed by atoms with Gasteiger partial charge in [0.1, 0.15) is 11.4 Å². The summed E-state index contributed by atoms with van der Waals surface area (Å²) >= 11 is 0. The molecule has 0 aliphatic carbocycles. The van der Waals surface area contributed by atoms with Crippen LogP contribution >= 0.6 is 0 Å². The normalized spacial score (nSPS) is 10.8. The summed E-state index contributed by atoms with van der Waals surface area (Å²) in [6, 6.07) is 7.09. The number of ether oxygens (including phenoxy) is 1. The highest BCUT2D eigenvalue weighted by molar-refractivity contribution is 5.92. The van der Waals surface area contributed by atoms with Gasteiger partial charge in [0, 0.05) is 11.6 Å². The van der Waals surface area contributed by atoms with E-state index in [1.165, 1.54) is 0 Å². The number of hydrogen-bond acceptors (Lipinski definition) is 3. The molecule has 88 valence electrons. The van der Waals surface area contributed by atoms with Gasteiger partial charge in [-0.15, -0.1) is 0 Å². The Morgan fingerprint density at radius 3 is 2.71 bits per heavy atom. The molecule has 1 aromatic heterocycles. The first-order valence-corrected chi connectivity index (χ1v) is 5.36. The van der Waals surface area contributed by atoms with Crippen molar-refractivity contribution < 1.29 is 14.6 Å². The smallest absolute Gasteiger partial charge is 0.354 e. The second kappa shape index (κ2) is 4.41. The van der Waals surface area contributed by atoms with Crippen molar-refractivity contribution in [2.75, 3.05) is 0 Å². The number of carboxylic acids is 1. The Bertz CT molecular complexity index is 564. The summed E-state index contributed by atoms with van der Waals surface area (Å²) in [5, 5.41) is 10.6. The van der Waals surface area contributed by atoms with Gasteiger partial charge in [-0.2, -0.15) is 0 Å². The number of aromatic nitrogens is 1. The van der Waals surface area contributed by atoms with Crippen LogP contribution in [-0.4, -0.2) is 22.2 Å². The Morgan fingerprint density at radius 2 is 2.06 bits per heavy atom. The Morgan fingerprint density at radius 1 is 1.29 bits per heavy atom. The summed E-state index contributed by atoms with van der Waals surface area (Å²) < 4.78 is 5.55. The Balaban J connectivity index is 2.47. The molecule has 0 aliphatic rings. The van der Waals surface area contributed by atoms with E-state index in [1.54, 1.807) is 12.3 Å². The van der Waals surface area contributed by atoms with E-state index in [2.05, 4.69) is 4.98 Å². The van der Waals surface area contributed by atoms with Gasteiger partial charge in [-0.05, 0) is 43.5 Å². The van der Waals surface area contributed by atoms with E-state index in [4.69, 9.17) is 9.84 Å². The van der Waals surface area contributed by atoms with Crippen LogP contribution in [-0.2, 0) is 0 Å². The summed E-state index contributed by atoms with van der Waals surface area (Å²) in [5.74, 6) is -0.294. The molecule has 2 aromatic rings. The molecule has 1 heterocycles. The van der Waals surface area contributed by atoms with E-state index in [0.29, 0.717) is 0 Å². The predicted octanol–water partition coefficient (Wildman–Crippen LogP) is 2.72. The Labute approximate surface area is 98.9 Å². The zero-order chi connectivity index (χ0) is 12.4. The van der Waals surface area contributed by atoms with Crippen LogP contribution in [0.5, 0.6) is 5.75 Å². The highest BCUT2D eigenvalue weighted by atomic mass is 16.5. The number of carboxylic acid groups (broad SMARTS) is 1. The first-order chi connectivity index (χ1) is 8.06. The highest BCUT2D eigenvalue weighted by Gasteiger charge is 2.06. The molecule has 0 amide bonds. The zero-order valence-electron chi connectivity index (χ0n) is 9.68. The molecule has 0 unspecified atom stereocenters. The second-order valence-electron chi connectivity index (χ2n) is 4.05. The third kappa shape index (κ3) is 2.53. The second-order valence-corrected chi connectivity index (χ2v) is 4.05. The van der Waals surface area contributed by atoms with Crippen molar-refractivity contribution >= 4 is 16.7 Å². The molecule has 1 aromatic carbocycles. The molecule has 0 saturated carbocycles. The molecule has 0 bridgehead atoms. The van der Waals surface area contributed by atoms with Crippen LogP contribution in [0.25, 0.3) is 10.8 Å². The molecular formula is C13H13NO3. The summed E-state index contributed by atoms with van der Waals surface area (Å²) in [4.78, 5) is 14.7. The first kappa shape index (κ1) is 11.4. The van der Waals surface area contributed by atoms with Gasteiger partial charge >= 0.3 is 5.97 Å². The lowest BCUT2D eigenvalue weighted by molar-refractivity contribution is 0.0690. The molecule has 17 heavy (non-hydrogen) atoms. The van der Waals surface area contributed by atoms with E-state index in [0.717, 1.165) is 16.5 Å². The minimum atomic E-state index is -1.03. The van der Waals surface area contributed by atoms with Crippen molar-refractivity contribution in [3.8, 4) is 5.75 Å². The van der Waals surface area contributed by atoms with Gasteiger partial charge in [0.05, 0.1) is 6.10 Å². The predicted molar refractivity (Wildman–Crippen MR) is 64.5 cm³/mol. The largest absolute Gasteiger partial charge is 0.491 e. The fraction of sp³-hybridized carbons (Fsp3) is 0.231. The van der Waals surface area contributed by atoms with Gasteiger partial charge in [0.15, 0.2) is 0 Å². The number of carbonyl (C=O) groups is 1. The van der Waals surface area contributed by atoms with Crippen LogP contribution < -0.4 is 4.74 Å². The van der Waals surface area contributed by atoms with Crippen LogP contribution in [0.3, 0.4) is 0 Å². The SMILES string of the molecule is CC(C)Oc1ccc2cnc(C(=O)O)cc2c1. The fourth-order valence-corrected chi connectivity index (χ4v) is 1.58. The molecular weight excluding hydrogens is 218 g/mol. The molecule has 2 rings (SSSR count). The average Bonchev–Trinajstić information content (AvgIpc) is 2.27. The molecule has 0 radical (unpaired) electrons. The third-order valence-corrected chi connectivity index (χ3v) is 2.28. The number of pyridine rings is 1. The lowest BCUT2D eigenvalue weighted by atomic mass is 10.1. The molecule has 4 heteroatoms. The molecule has 1 N–H and O–H groups in total. The molecule has 0 fully saturated rings. The summed E-state index contributed by atoms with van der Waals surface area (Å²) in [6.45, 7) is 3.89. The van der Waals surface area contributed by atoms with Crippen LogP contribution in [0.15, 0.2) is 30.5 Å². The third-order valence-electron chi connectivity index (χ3n) is 2.28. The van der Waals surface area contributed by atoms with E-state index in [-0.39, 0.29) is 11.8 Å². The Hall–Kier alpha value is -2.10. The highest BCUT2D eigenvalue weighted by Crippen LogP contribution is 2.21. The topological polar surface area (TPSA) is 59.4 Å². The maximum atomic E-state index is 10.8. The van der Waals surface area contributed by atoms with Gasteiger partial charge in [0.25, 0.3) is 0 Å². The summed E-state index contributed by atoms with van der Waals surface area (Å²) in [6.07, 6.45) is 1.64. The number of benzene rings is 1. The van der Waals surface area contributed by atoms with Crippen molar-refractivity contribution in [1.29, 1.82) is 0 Å². The van der Waals surface area contributed by atoms with Crippen LogP contribution in [0.2, 0.25) is 0 Å². The van der Waals surface area contributed by atoms with Crippen LogP contribution in [0, 0.1) is 0 Å². The van der Waals surface area contributed by atoms with Gasteiger partial charge in [-0.1, -0.05) is 0 Å². The maximum absolute atomic E-state index is 10.8. The Kier molecular flexibility index (Phi) is 2.95. The monoisotopic (exact) mass is 231 g/mol. The molecule has 0 saturated heterocycles. The van der Waals surface area contributed by atoms with E-state index < -0.39 is 5.97 Å². The lowest BCUT2D eigenvalue weighted by Gasteiger charge is -2.10. The fourth-order valence-electron chi connectivity index (χ4n) is 1.58. The van der Waals surface area contributed by atoms with Crippen molar-refractivity contribution in [1.82, 2.24) is 4.98 Å². The molecule has 0 aliphatic heterocycles. The average molecular weight is 231 g/mol. The van der Waals surface area contributed by atoms with Crippen LogP contribution in [0.4, 0.5) is 0 Å². The summed E-state index contributed by atoms with van der Waals surface area (Å²) in [5.41, 5.74) is 0.0409. The van der Waals surface area contributed by atoms with Crippen molar-refractivity contribution in [3.05, 3.63) is 36.2 Å². The number of nitrogens with zero attached hydrogens (tertiary/aromatic N) is 1. The first-order valence-electron chi connectivity index (χ1n) is 5.36. The minimum Gasteiger partial charge on any atom is -0.491 e. The molecule has 4 nitrogen and oxygen atoms in total. The van der Waals surface area contributed by atoms with Crippen molar-refractivity contribution in [2.24, 2.45) is 0 Å². The summed E-state index contributed by atoms with van der Waals surface area (Å²) in [7, 11) is 0. The van der Waals surface area contributed by atoms with Gasteiger partial charge in [-0.3, -0.25) is 0 Å². The molecule has 0 spiro atoms. The minimum absolute atomic E-state index is 0.0409. The molecule has 0 atom stereocenters. The number of fused-ring (bicyclic) bond motifs is 1. The van der Waals surface area contributed by atoms with Gasteiger partial charge in [-0.25, -0.2) is 9.78 Å².